The number of benzene rings is 1. The monoisotopic (exact) mass is 359 g/mol. The van der Waals surface area contributed by atoms with Crippen molar-refractivity contribution in [3.05, 3.63) is 46.2 Å². The van der Waals surface area contributed by atoms with Crippen molar-refractivity contribution in [2.24, 2.45) is 0 Å². The maximum Gasteiger partial charge on any atom is 0.257 e. The fourth-order valence-corrected chi connectivity index (χ4v) is 3.72. The molecule has 0 saturated carbocycles. The average molecular weight is 360 g/mol. The smallest absolute Gasteiger partial charge is 0.257 e. The number of nitrogens with zero attached hydrogens (tertiary/aromatic N) is 3. The van der Waals surface area contributed by atoms with Gasteiger partial charge in [0.15, 0.2) is 0 Å². The predicted octanol–water partition coefficient (Wildman–Crippen LogP) is 4.84. The minimum atomic E-state index is 0.137. The molecular weight excluding hydrogens is 334 g/mol. The summed E-state index contributed by atoms with van der Waals surface area (Å²) < 4.78 is 1.92. The summed E-state index contributed by atoms with van der Waals surface area (Å²) in [6.07, 6.45) is 3.95. The van der Waals surface area contributed by atoms with Crippen LogP contribution in [-0.2, 0) is 6.42 Å². The molecule has 1 fully saturated rings. The van der Waals surface area contributed by atoms with Gasteiger partial charge in [-0.15, -0.1) is 0 Å². The van der Waals surface area contributed by atoms with Gasteiger partial charge in [-0.1, -0.05) is 44.9 Å². The van der Waals surface area contributed by atoms with E-state index in [-0.39, 0.29) is 11.8 Å². The summed E-state index contributed by atoms with van der Waals surface area (Å²) >= 11 is 6.18. The predicted molar refractivity (Wildman–Crippen MR) is 102 cm³/mol. The molecule has 0 spiro atoms. The topological polar surface area (TPSA) is 38.1 Å². The molecule has 1 amide bonds. The van der Waals surface area contributed by atoms with Gasteiger partial charge in [0, 0.05) is 18.1 Å². The highest BCUT2D eigenvalue weighted by Crippen LogP contribution is 2.29. The van der Waals surface area contributed by atoms with Crippen LogP contribution in [0.4, 0.5) is 0 Å². The summed E-state index contributed by atoms with van der Waals surface area (Å²) in [5, 5.41) is 5.51. The Morgan fingerprint density at radius 3 is 2.60 bits per heavy atom. The Morgan fingerprint density at radius 2 is 2.00 bits per heavy atom. The second kappa shape index (κ2) is 7.61. The van der Waals surface area contributed by atoms with E-state index in [4.69, 9.17) is 16.7 Å². The Kier molecular flexibility index (Phi) is 5.48. The molecule has 4 nitrogen and oxygen atoms in total. The van der Waals surface area contributed by atoms with Gasteiger partial charge in [-0.25, -0.2) is 4.68 Å². The molecule has 1 aromatic carbocycles. The van der Waals surface area contributed by atoms with Crippen LogP contribution in [-0.4, -0.2) is 33.7 Å². The van der Waals surface area contributed by atoms with E-state index in [2.05, 4.69) is 20.8 Å². The molecule has 0 atom stereocenters. The van der Waals surface area contributed by atoms with Gasteiger partial charge in [-0.2, -0.15) is 5.10 Å². The third-order valence-electron chi connectivity index (χ3n) is 4.69. The molecule has 25 heavy (non-hydrogen) atoms. The number of halogens is 1. The van der Waals surface area contributed by atoms with Crippen molar-refractivity contribution in [1.82, 2.24) is 14.7 Å². The maximum absolute atomic E-state index is 13.2. The summed E-state index contributed by atoms with van der Waals surface area (Å²) in [6.45, 7) is 8.06. The van der Waals surface area contributed by atoms with Crippen molar-refractivity contribution < 1.29 is 4.79 Å². The van der Waals surface area contributed by atoms with Gasteiger partial charge in [0.1, 0.15) is 0 Å². The quantitative estimate of drug-likeness (QED) is 0.766. The highest BCUT2D eigenvalue weighted by molar-refractivity contribution is 6.30. The number of carbonyl (C=O) groups excluding carboxylic acids is 1. The van der Waals surface area contributed by atoms with Crippen LogP contribution in [0.3, 0.4) is 0 Å². The first-order valence-corrected chi connectivity index (χ1v) is 9.57. The molecule has 134 valence electrons. The number of rotatable bonds is 5. The highest BCUT2D eigenvalue weighted by atomic mass is 35.5. The molecule has 0 aliphatic carbocycles. The summed E-state index contributed by atoms with van der Waals surface area (Å²) in [5.74, 6) is 0.330. The molecule has 0 bridgehead atoms. The van der Waals surface area contributed by atoms with E-state index < -0.39 is 0 Å². The van der Waals surface area contributed by atoms with Crippen LogP contribution < -0.4 is 0 Å². The zero-order valence-corrected chi connectivity index (χ0v) is 16.0. The Balaban J connectivity index is 2.16. The summed E-state index contributed by atoms with van der Waals surface area (Å²) in [4.78, 5) is 15.2. The van der Waals surface area contributed by atoms with E-state index in [9.17, 15) is 4.79 Å². The van der Waals surface area contributed by atoms with Crippen molar-refractivity contribution in [1.29, 1.82) is 0 Å². The Labute approximate surface area is 154 Å². The maximum atomic E-state index is 13.2. The SMILES string of the molecule is CCCc1nn(-c2cccc(Cl)c2)c(C(C)C)c1C(=O)N1CCCC1. The molecule has 2 aromatic rings. The van der Waals surface area contributed by atoms with E-state index >= 15 is 0 Å². The second-order valence-electron chi connectivity index (χ2n) is 7.00. The van der Waals surface area contributed by atoms with Crippen molar-refractivity contribution >= 4 is 17.5 Å². The van der Waals surface area contributed by atoms with Crippen LogP contribution >= 0.6 is 11.6 Å². The normalized spacial score (nSPS) is 14.5. The molecule has 0 radical (unpaired) electrons. The third-order valence-corrected chi connectivity index (χ3v) is 4.92. The van der Waals surface area contributed by atoms with E-state index in [1.165, 1.54) is 0 Å². The van der Waals surface area contributed by atoms with Crippen LogP contribution in [0.15, 0.2) is 24.3 Å². The van der Waals surface area contributed by atoms with E-state index in [0.29, 0.717) is 5.02 Å². The Hall–Kier alpha value is -1.81. The molecule has 5 heteroatoms. The molecule has 0 unspecified atom stereocenters. The first-order valence-electron chi connectivity index (χ1n) is 9.20. The van der Waals surface area contributed by atoms with E-state index in [1.54, 1.807) is 0 Å². The first-order chi connectivity index (χ1) is 12.0. The second-order valence-corrected chi connectivity index (χ2v) is 7.44. The lowest BCUT2D eigenvalue weighted by atomic mass is 10.0. The van der Waals surface area contributed by atoms with Gasteiger partial charge in [0.2, 0.25) is 0 Å². The minimum Gasteiger partial charge on any atom is -0.339 e. The molecule has 1 aliphatic rings. The van der Waals surface area contributed by atoms with Crippen LogP contribution in [0.5, 0.6) is 0 Å². The fourth-order valence-electron chi connectivity index (χ4n) is 3.54. The van der Waals surface area contributed by atoms with Crippen LogP contribution in [0.1, 0.15) is 67.7 Å². The molecular formula is C20H26ClN3O. The number of likely N-dealkylation sites (tertiary alicyclic amines) is 1. The molecule has 2 heterocycles. The largest absolute Gasteiger partial charge is 0.339 e. The van der Waals surface area contributed by atoms with Crippen molar-refractivity contribution in [2.45, 2.75) is 52.4 Å². The number of hydrogen-bond acceptors (Lipinski definition) is 2. The Bertz CT molecular complexity index is 760. The van der Waals surface area contributed by atoms with Gasteiger partial charge in [0.05, 0.1) is 22.6 Å². The molecule has 1 aliphatic heterocycles. The zero-order chi connectivity index (χ0) is 18.0. The van der Waals surface area contributed by atoms with E-state index in [0.717, 1.165) is 61.4 Å². The zero-order valence-electron chi connectivity index (χ0n) is 15.3. The molecule has 3 rings (SSSR count). The lowest BCUT2D eigenvalue weighted by molar-refractivity contribution is 0.0790. The van der Waals surface area contributed by atoms with Crippen LogP contribution in [0, 0.1) is 0 Å². The van der Waals surface area contributed by atoms with Gasteiger partial charge < -0.3 is 4.90 Å². The summed E-state index contributed by atoms with van der Waals surface area (Å²) in [5.41, 5.74) is 3.61. The molecule has 1 saturated heterocycles. The fraction of sp³-hybridized carbons (Fsp3) is 0.500. The highest BCUT2D eigenvalue weighted by Gasteiger charge is 2.30. The van der Waals surface area contributed by atoms with Crippen LogP contribution in [0.25, 0.3) is 5.69 Å². The lowest BCUT2D eigenvalue weighted by Crippen LogP contribution is -2.29. The standard InChI is InChI=1S/C20H26ClN3O/c1-4-8-17-18(20(25)23-11-5-6-12-23)19(14(2)3)24(22-17)16-10-7-9-15(21)13-16/h7,9-10,13-14H,4-6,8,11-12H2,1-3H3. The average Bonchev–Trinajstić information content (AvgIpc) is 3.22. The van der Waals surface area contributed by atoms with Crippen LogP contribution in [0.2, 0.25) is 5.02 Å². The van der Waals surface area contributed by atoms with Crippen molar-refractivity contribution in [2.75, 3.05) is 13.1 Å². The van der Waals surface area contributed by atoms with Gasteiger partial charge in [-0.05, 0) is 43.4 Å². The molecule has 0 N–H and O–H groups in total. The Morgan fingerprint density at radius 1 is 1.28 bits per heavy atom. The summed E-state index contributed by atoms with van der Waals surface area (Å²) in [7, 11) is 0. The molecule has 1 aromatic heterocycles. The van der Waals surface area contributed by atoms with Gasteiger partial charge in [-0.3, -0.25) is 4.79 Å². The van der Waals surface area contributed by atoms with Crippen molar-refractivity contribution in [3.8, 4) is 5.69 Å². The number of carbonyl (C=O) groups is 1. The lowest BCUT2D eigenvalue weighted by Gasteiger charge is -2.18. The first kappa shape index (κ1) is 18.0. The third kappa shape index (κ3) is 3.59. The van der Waals surface area contributed by atoms with Crippen molar-refractivity contribution in [3.63, 3.8) is 0 Å². The van der Waals surface area contributed by atoms with Gasteiger partial charge in [0.25, 0.3) is 5.91 Å². The number of hydrogen-bond donors (Lipinski definition) is 0. The summed E-state index contributed by atoms with van der Waals surface area (Å²) in [6, 6.07) is 7.67. The van der Waals surface area contributed by atoms with E-state index in [1.807, 2.05) is 33.8 Å². The number of aryl methyl sites for hydroxylation is 1. The number of amides is 1. The minimum absolute atomic E-state index is 0.137. The number of aromatic nitrogens is 2. The van der Waals surface area contributed by atoms with Gasteiger partial charge >= 0.3 is 0 Å².